The summed E-state index contributed by atoms with van der Waals surface area (Å²) in [7, 11) is 0. The van der Waals surface area contributed by atoms with Crippen LogP contribution in [0.3, 0.4) is 0 Å². The molecule has 0 atom stereocenters. The summed E-state index contributed by atoms with van der Waals surface area (Å²) in [5.74, 6) is -133. The third-order valence-corrected chi connectivity index (χ3v) is 5.65. The summed E-state index contributed by atoms with van der Waals surface area (Å²) in [6, 6.07) is 0. The SMILES string of the molecule is O=CC(F)(F)C(F)(F)C(F)(F)C(F)(F)C(F)(F)C(F)(F)C(F)(F)C(F)(F)C(F)(F)C(F)(F)C(F)(F)C(F)(F)C(F)(F)C(F)(F)C(F)(F)F. The second-order valence-corrected chi connectivity index (χ2v) is 8.71. The molecule has 1 nitrogen and oxygen atoms in total. The molecule has 0 aromatic rings. The molecule has 0 aliphatic rings. The summed E-state index contributed by atoms with van der Waals surface area (Å²) >= 11 is 0. The minimum Gasteiger partial charge on any atom is -0.296 e. The van der Waals surface area contributed by atoms with Gasteiger partial charge in [0.05, 0.1) is 0 Å². The molecule has 0 aromatic carbocycles. The zero-order chi connectivity index (χ0) is 40.2. The molecule has 0 aliphatic carbocycles. The highest BCUT2D eigenvalue weighted by Gasteiger charge is 3.01. The van der Waals surface area contributed by atoms with E-state index < -0.39 is 95.4 Å². The molecule has 0 spiro atoms. The molecule has 0 N–H and O–H groups in total. The Morgan fingerprint density at radius 1 is 0.208 bits per heavy atom. The third kappa shape index (κ3) is 4.91. The minimum absolute atomic E-state index is 2.89. The smallest absolute Gasteiger partial charge is 0.296 e. The zero-order valence-corrected chi connectivity index (χ0v) is 20.2. The second kappa shape index (κ2) is 10.8. The Labute approximate surface area is 238 Å². The maximum Gasteiger partial charge on any atom is 0.460 e. The number of carbonyl (C=O) groups excluding carboxylic acids is 1. The van der Waals surface area contributed by atoms with Crippen molar-refractivity contribution in [2.75, 3.05) is 0 Å². The molecule has 0 fully saturated rings. The fraction of sp³-hybridized carbons (Fsp3) is 0.938. The summed E-state index contributed by atoms with van der Waals surface area (Å²) in [4.78, 5) is 9.73. The Morgan fingerprint density at radius 2 is 0.333 bits per heavy atom. The minimum atomic E-state index is -10.1. The van der Waals surface area contributed by atoms with Gasteiger partial charge in [0.25, 0.3) is 0 Å². The van der Waals surface area contributed by atoms with Gasteiger partial charge < -0.3 is 0 Å². The van der Waals surface area contributed by atoms with Gasteiger partial charge in [-0.05, 0) is 0 Å². The highest BCUT2D eigenvalue weighted by Crippen LogP contribution is 2.69. The monoisotopic (exact) mass is 798 g/mol. The number of aldehydes is 1. The fourth-order valence-corrected chi connectivity index (χ4v) is 2.63. The van der Waals surface area contributed by atoms with Gasteiger partial charge in [0, 0.05) is 0 Å². The highest BCUT2D eigenvalue weighted by atomic mass is 19.4. The molecular weight excluding hydrogens is 797 g/mol. The molecule has 0 aliphatic heterocycles. The van der Waals surface area contributed by atoms with Crippen molar-refractivity contribution < 1.29 is 141 Å². The van der Waals surface area contributed by atoms with E-state index in [2.05, 4.69) is 0 Å². The quantitative estimate of drug-likeness (QED) is 0.127. The van der Waals surface area contributed by atoms with Crippen LogP contribution in [0.2, 0.25) is 0 Å². The van der Waals surface area contributed by atoms with E-state index >= 15 is 0 Å². The summed E-state index contributed by atoms with van der Waals surface area (Å²) < 4.78 is 410. The molecule has 0 unspecified atom stereocenters. The Kier molecular flexibility index (Phi) is 10.2. The number of alkyl halides is 31. The lowest BCUT2D eigenvalue weighted by atomic mass is 9.83. The van der Waals surface area contributed by atoms with Crippen molar-refractivity contribution in [3.8, 4) is 0 Å². The summed E-state index contributed by atoms with van der Waals surface area (Å²) in [5.41, 5.74) is 0. The number of hydrogen-bond donors (Lipinski definition) is 0. The van der Waals surface area contributed by atoms with Crippen molar-refractivity contribution in [2.45, 2.75) is 89.1 Å². The third-order valence-electron chi connectivity index (χ3n) is 5.65. The molecule has 0 bridgehead atoms. The maximum atomic E-state index is 13.7. The normalized spacial score (nSPS) is 17.1. The topological polar surface area (TPSA) is 17.1 Å². The number of hydrogen-bond acceptors (Lipinski definition) is 1. The van der Waals surface area contributed by atoms with Gasteiger partial charge in [-0.25, -0.2) is 0 Å². The molecule has 0 amide bonds. The van der Waals surface area contributed by atoms with Crippen LogP contribution in [-0.4, -0.2) is 95.4 Å². The molecule has 0 heterocycles. The highest BCUT2D eigenvalue weighted by molar-refractivity contribution is 5.62. The molecule has 0 rings (SSSR count). The first kappa shape index (κ1) is 45.5. The Bertz CT molecular complexity index is 1200. The predicted octanol–water partition coefficient (Wildman–Crippen LogP) is 9.64. The van der Waals surface area contributed by atoms with E-state index in [1.54, 1.807) is 0 Å². The summed E-state index contributed by atoms with van der Waals surface area (Å²) in [6.07, 6.45) is -11.2. The van der Waals surface area contributed by atoms with E-state index in [0.29, 0.717) is 0 Å². The maximum absolute atomic E-state index is 13.7. The molecule has 0 aromatic heterocycles. The predicted molar refractivity (Wildman–Crippen MR) is 81.4 cm³/mol. The average Bonchev–Trinajstić information content (AvgIpc) is 2.86. The molecule has 32 heteroatoms. The molecular formula is C16HF31O. The van der Waals surface area contributed by atoms with Crippen molar-refractivity contribution in [3.05, 3.63) is 0 Å². The van der Waals surface area contributed by atoms with Gasteiger partial charge in [-0.2, -0.15) is 136 Å². The zero-order valence-electron chi connectivity index (χ0n) is 20.2. The van der Waals surface area contributed by atoms with Gasteiger partial charge in [-0.3, -0.25) is 4.79 Å². The average molecular weight is 798 g/mol. The van der Waals surface area contributed by atoms with Crippen LogP contribution in [0.15, 0.2) is 0 Å². The van der Waals surface area contributed by atoms with E-state index in [9.17, 15) is 141 Å². The fourth-order valence-electron chi connectivity index (χ4n) is 2.63. The molecule has 0 radical (unpaired) electrons. The first-order valence-electron chi connectivity index (χ1n) is 9.88. The first-order chi connectivity index (χ1) is 20.1. The molecule has 0 saturated carbocycles. The Hall–Kier alpha value is -2.50. The van der Waals surface area contributed by atoms with Crippen LogP contribution in [0.4, 0.5) is 136 Å². The van der Waals surface area contributed by atoms with E-state index in [1.807, 2.05) is 0 Å². The summed E-state index contributed by atoms with van der Waals surface area (Å²) in [6.45, 7) is 0. The van der Waals surface area contributed by atoms with Crippen molar-refractivity contribution in [1.82, 2.24) is 0 Å². The van der Waals surface area contributed by atoms with Crippen LogP contribution in [0.25, 0.3) is 0 Å². The largest absolute Gasteiger partial charge is 0.460 e. The molecule has 0 saturated heterocycles. The summed E-state index contributed by atoms with van der Waals surface area (Å²) in [5, 5.41) is 0. The number of halogens is 31. The van der Waals surface area contributed by atoms with E-state index in [4.69, 9.17) is 0 Å². The van der Waals surface area contributed by atoms with Gasteiger partial charge in [0.1, 0.15) is 0 Å². The molecule has 48 heavy (non-hydrogen) atoms. The van der Waals surface area contributed by atoms with E-state index in [-0.39, 0.29) is 0 Å². The second-order valence-electron chi connectivity index (χ2n) is 8.71. The van der Waals surface area contributed by atoms with Gasteiger partial charge in [0.2, 0.25) is 0 Å². The van der Waals surface area contributed by atoms with E-state index in [1.165, 1.54) is 0 Å². The standard InChI is InChI=1S/C16HF31O/c17-2(18,1-48)3(19,20)4(21,22)5(23,24)6(25,26)7(27,28)8(29,30)9(31,32)10(33,34)11(35,36)12(37,38)13(39,40)14(41,42)15(43,44)16(45,46)47/h1H. The van der Waals surface area contributed by atoms with Crippen LogP contribution in [0.1, 0.15) is 0 Å². The van der Waals surface area contributed by atoms with Crippen molar-refractivity contribution in [1.29, 1.82) is 0 Å². The van der Waals surface area contributed by atoms with Gasteiger partial charge in [-0.1, -0.05) is 0 Å². The Morgan fingerprint density at radius 3 is 0.458 bits per heavy atom. The van der Waals surface area contributed by atoms with Crippen LogP contribution >= 0.6 is 0 Å². The van der Waals surface area contributed by atoms with Crippen LogP contribution in [0, 0.1) is 0 Å². The van der Waals surface area contributed by atoms with Crippen LogP contribution < -0.4 is 0 Å². The van der Waals surface area contributed by atoms with Gasteiger partial charge in [0.15, 0.2) is 6.29 Å². The number of carbonyl (C=O) groups is 1. The van der Waals surface area contributed by atoms with Crippen molar-refractivity contribution in [3.63, 3.8) is 0 Å². The lowest BCUT2D eigenvalue weighted by Crippen LogP contribution is -2.79. The first-order valence-corrected chi connectivity index (χ1v) is 9.88. The lowest BCUT2D eigenvalue weighted by molar-refractivity contribution is -0.488. The number of rotatable bonds is 14. The lowest BCUT2D eigenvalue weighted by Gasteiger charge is -2.46. The van der Waals surface area contributed by atoms with Crippen LogP contribution in [0.5, 0.6) is 0 Å². The van der Waals surface area contributed by atoms with Gasteiger partial charge in [-0.15, -0.1) is 0 Å². The Balaban J connectivity index is 7.65. The van der Waals surface area contributed by atoms with Crippen LogP contribution in [-0.2, 0) is 4.79 Å². The van der Waals surface area contributed by atoms with Crippen molar-refractivity contribution >= 4 is 6.29 Å². The van der Waals surface area contributed by atoms with E-state index in [0.717, 1.165) is 0 Å². The molecule has 288 valence electrons. The van der Waals surface area contributed by atoms with Crippen molar-refractivity contribution in [2.24, 2.45) is 0 Å². The van der Waals surface area contributed by atoms with Gasteiger partial charge >= 0.3 is 89.1 Å².